The van der Waals surface area contributed by atoms with Gasteiger partial charge in [-0.05, 0) is 30.2 Å². The highest BCUT2D eigenvalue weighted by molar-refractivity contribution is 7.09. The van der Waals surface area contributed by atoms with Crippen LogP contribution in [0.1, 0.15) is 26.7 Å². The van der Waals surface area contributed by atoms with Crippen molar-refractivity contribution in [1.29, 1.82) is 0 Å². The number of thiazole rings is 1. The number of rotatable bonds is 4. The third-order valence-corrected chi connectivity index (χ3v) is 4.59. The van der Waals surface area contributed by atoms with Crippen LogP contribution >= 0.6 is 22.9 Å². The number of hydrogen-bond acceptors (Lipinski definition) is 5. The van der Waals surface area contributed by atoms with Crippen LogP contribution in [0, 0.1) is 0 Å². The van der Waals surface area contributed by atoms with E-state index in [1.165, 1.54) is 12.0 Å². The summed E-state index contributed by atoms with van der Waals surface area (Å²) in [6, 6.07) is 5.44. The number of halogens is 1. The first-order valence-electron chi connectivity index (χ1n) is 6.46. The molecule has 0 radical (unpaired) electrons. The molecule has 1 aliphatic heterocycles. The number of hydrogen-bond donors (Lipinski definition) is 0. The molecule has 1 aliphatic rings. The highest BCUT2D eigenvalue weighted by Gasteiger charge is 2.28. The summed E-state index contributed by atoms with van der Waals surface area (Å²) in [4.78, 5) is 21.5. The maximum atomic E-state index is 11.7. The van der Waals surface area contributed by atoms with Gasteiger partial charge in [-0.1, -0.05) is 0 Å². The molecule has 0 saturated heterocycles. The normalized spacial score (nSPS) is 16.5. The second kappa shape index (κ2) is 5.95. The van der Waals surface area contributed by atoms with E-state index < -0.39 is 0 Å². The van der Waals surface area contributed by atoms with Gasteiger partial charge in [0.1, 0.15) is 0 Å². The van der Waals surface area contributed by atoms with E-state index in [9.17, 15) is 4.79 Å². The van der Waals surface area contributed by atoms with E-state index in [-0.39, 0.29) is 11.9 Å². The number of aromatic nitrogens is 1. The molecular formula is C15H13ClN2O2S. The van der Waals surface area contributed by atoms with Crippen LogP contribution in [0.3, 0.4) is 0 Å². The molecule has 2 aromatic rings. The molecule has 2 heterocycles. The van der Waals surface area contributed by atoms with Crippen LogP contribution < -0.4 is 0 Å². The second-order valence-electron chi connectivity index (χ2n) is 4.73. The minimum Gasteiger partial charge on any atom is -0.465 e. The first kappa shape index (κ1) is 14.2. The van der Waals surface area contributed by atoms with E-state index in [2.05, 4.69) is 9.98 Å². The number of methoxy groups -OCH3 is 1. The summed E-state index contributed by atoms with van der Waals surface area (Å²) in [5, 5.41) is 0. The molecule has 0 amide bonds. The molecule has 6 heteroatoms. The maximum Gasteiger partial charge on any atom is 0.337 e. The zero-order valence-electron chi connectivity index (χ0n) is 11.4. The number of alkyl halides is 1. The van der Waals surface area contributed by atoms with Crippen molar-refractivity contribution in [3.8, 4) is 0 Å². The van der Waals surface area contributed by atoms with Crippen molar-refractivity contribution in [1.82, 2.24) is 4.98 Å². The van der Waals surface area contributed by atoms with Gasteiger partial charge in [-0.2, -0.15) is 0 Å². The molecule has 0 N–H and O–H groups in total. The van der Waals surface area contributed by atoms with Crippen molar-refractivity contribution >= 4 is 40.3 Å². The first-order valence-corrected chi connectivity index (χ1v) is 7.87. The van der Waals surface area contributed by atoms with Crippen LogP contribution in [0.5, 0.6) is 0 Å². The van der Waals surface area contributed by atoms with Gasteiger partial charge in [0.05, 0.1) is 29.8 Å². The van der Waals surface area contributed by atoms with Gasteiger partial charge in [0.25, 0.3) is 0 Å². The number of carbonyl (C=O) groups excluding carboxylic acids is 1. The van der Waals surface area contributed by atoms with Crippen molar-refractivity contribution in [2.75, 3.05) is 13.0 Å². The van der Waals surface area contributed by atoms with E-state index in [0.717, 1.165) is 23.4 Å². The molecule has 3 rings (SSSR count). The molecule has 0 saturated carbocycles. The predicted molar refractivity (Wildman–Crippen MR) is 84.2 cm³/mol. The largest absolute Gasteiger partial charge is 0.465 e. The fraction of sp³-hybridized carbons (Fsp3) is 0.267. The molecule has 4 nitrogen and oxygen atoms in total. The van der Waals surface area contributed by atoms with Crippen LogP contribution in [0.15, 0.2) is 34.9 Å². The van der Waals surface area contributed by atoms with Gasteiger partial charge < -0.3 is 4.74 Å². The molecule has 1 atom stereocenters. The van der Waals surface area contributed by atoms with Crippen molar-refractivity contribution in [3.63, 3.8) is 0 Å². The number of carbonyl (C=O) groups is 1. The monoisotopic (exact) mass is 320 g/mol. The Hall–Kier alpha value is -1.72. The zero-order valence-corrected chi connectivity index (χ0v) is 12.9. The highest BCUT2D eigenvalue weighted by atomic mass is 35.5. The number of nitrogens with zero attached hydrogens (tertiary/aromatic N) is 2. The average molecular weight is 321 g/mol. The topological polar surface area (TPSA) is 51.5 Å². The van der Waals surface area contributed by atoms with Crippen LogP contribution in [-0.2, 0) is 11.2 Å². The number of fused-ring (bicyclic) bond motifs is 1. The van der Waals surface area contributed by atoms with Gasteiger partial charge in [0.15, 0.2) is 0 Å². The summed E-state index contributed by atoms with van der Waals surface area (Å²) in [6.07, 6.45) is 2.66. The van der Waals surface area contributed by atoms with Crippen molar-refractivity contribution in [3.05, 3.63) is 45.9 Å². The van der Waals surface area contributed by atoms with Gasteiger partial charge in [-0.3, -0.25) is 9.98 Å². The molecular weight excluding hydrogens is 308 g/mol. The van der Waals surface area contributed by atoms with Gasteiger partial charge in [0, 0.05) is 22.7 Å². The SMILES string of the molecule is COC(=O)c1ccc2c(c1)C(Cc1cncs1)C(CCl)=N2. The Morgan fingerprint density at radius 1 is 1.48 bits per heavy atom. The maximum absolute atomic E-state index is 11.7. The quantitative estimate of drug-likeness (QED) is 0.639. The van der Waals surface area contributed by atoms with Gasteiger partial charge in [0.2, 0.25) is 0 Å². The predicted octanol–water partition coefficient (Wildman–Crippen LogP) is 3.58. The van der Waals surface area contributed by atoms with Gasteiger partial charge in [-0.15, -0.1) is 22.9 Å². The molecule has 108 valence electrons. The molecule has 0 aliphatic carbocycles. The summed E-state index contributed by atoms with van der Waals surface area (Å²) in [5.41, 5.74) is 5.20. The molecule has 0 fully saturated rings. The Morgan fingerprint density at radius 2 is 2.33 bits per heavy atom. The molecule has 1 unspecified atom stereocenters. The minimum absolute atomic E-state index is 0.0996. The van der Waals surface area contributed by atoms with Crippen LogP contribution in [0.25, 0.3) is 0 Å². The lowest BCUT2D eigenvalue weighted by atomic mass is 9.91. The standard InChI is InChI=1S/C15H13ClN2O2S/c1-20-15(19)9-2-3-13-11(4-9)12(14(6-16)18-13)5-10-7-17-8-21-10/h2-4,7-8,12H,5-6H2,1H3. The molecule has 0 bridgehead atoms. The van der Waals surface area contributed by atoms with Crippen molar-refractivity contribution in [2.45, 2.75) is 12.3 Å². The smallest absolute Gasteiger partial charge is 0.337 e. The van der Waals surface area contributed by atoms with E-state index in [1.807, 2.05) is 23.8 Å². The summed E-state index contributed by atoms with van der Waals surface area (Å²) >= 11 is 7.64. The van der Waals surface area contributed by atoms with Crippen molar-refractivity contribution < 1.29 is 9.53 Å². The Morgan fingerprint density at radius 3 is 3.00 bits per heavy atom. The molecule has 1 aromatic heterocycles. The summed E-state index contributed by atoms with van der Waals surface area (Å²) < 4.78 is 4.78. The van der Waals surface area contributed by atoms with Crippen LogP contribution in [-0.4, -0.2) is 29.7 Å². The van der Waals surface area contributed by atoms with Crippen LogP contribution in [0.2, 0.25) is 0 Å². The number of ether oxygens (including phenoxy) is 1. The number of benzene rings is 1. The van der Waals surface area contributed by atoms with E-state index in [0.29, 0.717) is 11.4 Å². The fourth-order valence-corrected chi connectivity index (χ4v) is 3.38. The average Bonchev–Trinajstić information content (AvgIpc) is 3.14. The van der Waals surface area contributed by atoms with Crippen LogP contribution in [0.4, 0.5) is 5.69 Å². The second-order valence-corrected chi connectivity index (χ2v) is 5.96. The fourth-order valence-electron chi connectivity index (χ4n) is 2.49. The van der Waals surface area contributed by atoms with E-state index in [1.54, 1.807) is 17.4 Å². The Kier molecular flexibility index (Phi) is 4.03. The summed E-state index contributed by atoms with van der Waals surface area (Å²) in [6.45, 7) is 0. The molecule has 21 heavy (non-hydrogen) atoms. The molecule has 1 aromatic carbocycles. The summed E-state index contributed by atoms with van der Waals surface area (Å²) in [5.74, 6) is 0.141. The van der Waals surface area contributed by atoms with Gasteiger partial charge in [-0.25, -0.2) is 4.79 Å². The Bertz CT molecular complexity index is 698. The lowest BCUT2D eigenvalue weighted by molar-refractivity contribution is 0.0600. The van der Waals surface area contributed by atoms with Crippen molar-refractivity contribution in [2.24, 2.45) is 4.99 Å². The van der Waals surface area contributed by atoms with E-state index >= 15 is 0 Å². The lowest BCUT2D eigenvalue weighted by Gasteiger charge is -2.12. The van der Waals surface area contributed by atoms with E-state index in [4.69, 9.17) is 16.3 Å². The Balaban J connectivity index is 1.97. The zero-order chi connectivity index (χ0) is 14.8. The Labute approximate surface area is 131 Å². The lowest BCUT2D eigenvalue weighted by Crippen LogP contribution is -2.13. The van der Waals surface area contributed by atoms with Gasteiger partial charge >= 0.3 is 5.97 Å². The first-order chi connectivity index (χ1) is 10.2. The molecule has 0 spiro atoms. The minimum atomic E-state index is -0.339. The summed E-state index contributed by atoms with van der Waals surface area (Å²) in [7, 11) is 1.38. The third-order valence-electron chi connectivity index (χ3n) is 3.52. The highest BCUT2D eigenvalue weighted by Crippen LogP contribution is 2.39. The number of aliphatic imine (C=N–C) groups is 1. The third kappa shape index (κ3) is 2.71. The number of esters is 1.